The van der Waals surface area contributed by atoms with Gasteiger partial charge in [0.05, 0.1) is 11.3 Å². The largest absolute Gasteiger partial charge is 0.454 e. The summed E-state index contributed by atoms with van der Waals surface area (Å²) in [6, 6.07) is 19.4. The molecule has 0 spiro atoms. The van der Waals surface area contributed by atoms with Crippen LogP contribution in [0, 0.1) is 6.92 Å². The molecule has 0 aliphatic heterocycles. The molecule has 2 aromatic carbocycles. The van der Waals surface area contributed by atoms with Gasteiger partial charge < -0.3 is 4.42 Å². The monoisotopic (exact) mass is 391 g/mol. The highest BCUT2D eigenvalue weighted by atomic mass is 16.3. The van der Waals surface area contributed by atoms with Gasteiger partial charge >= 0.3 is 0 Å². The lowest BCUT2D eigenvalue weighted by molar-refractivity contribution is -0.660. The maximum Gasteiger partial charge on any atom is 0.216 e. The second-order valence-electron chi connectivity index (χ2n) is 8.82. The average molecular weight is 391 g/mol. The van der Waals surface area contributed by atoms with Crippen LogP contribution in [0.15, 0.2) is 71.4 Å². The molecule has 5 aromatic rings. The summed E-state index contributed by atoms with van der Waals surface area (Å²) in [6.45, 7) is 6.65. The van der Waals surface area contributed by atoms with E-state index in [2.05, 4.69) is 87.1 Å². The summed E-state index contributed by atoms with van der Waals surface area (Å²) >= 11 is 0. The van der Waals surface area contributed by atoms with E-state index in [0.717, 1.165) is 38.9 Å². The van der Waals surface area contributed by atoms with E-state index in [-0.39, 0.29) is 5.41 Å². The number of nitrogens with zero attached hydrogens (tertiary/aromatic N) is 2. The summed E-state index contributed by atoms with van der Waals surface area (Å²) in [4.78, 5) is 4.73. The van der Waals surface area contributed by atoms with Gasteiger partial charge in [-0.25, -0.2) is 4.57 Å². The number of rotatable bonds is 1. The summed E-state index contributed by atoms with van der Waals surface area (Å²) < 4.78 is 8.88. The van der Waals surface area contributed by atoms with E-state index < -0.39 is 0 Å². The Morgan fingerprint density at radius 2 is 1.63 bits per heavy atom. The van der Waals surface area contributed by atoms with Crippen molar-refractivity contribution in [3.63, 3.8) is 0 Å². The number of aromatic nitrogens is 2. The molecule has 146 valence electrons. The molecule has 0 saturated heterocycles. The molecule has 0 atom stereocenters. The fraction of sp³-hybridized carbons (Fsp3) is 0.185. The van der Waals surface area contributed by atoms with Gasteiger partial charge in [0.2, 0.25) is 5.69 Å². The van der Waals surface area contributed by atoms with Crippen LogP contribution in [0.25, 0.3) is 44.3 Å². The number of hydrogen-bond acceptors (Lipinski definition) is 2. The normalized spacial score (nSPS) is 14.3. The molecule has 3 nitrogen and oxygen atoms in total. The molecule has 0 bridgehead atoms. The molecule has 0 saturated carbocycles. The number of pyridine rings is 2. The van der Waals surface area contributed by atoms with Crippen molar-refractivity contribution in [2.24, 2.45) is 7.05 Å². The fourth-order valence-corrected chi connectivity index (χ4v) is 5.12. The van der Waals surface area contributed by atoms with E-state index in [9.17, 15) is 0 Å². The van der Waals surface area contributed by atoms with Crippen LogP contribution >= 0.6 is 0 Å². The second-order valence-corrected chi connectivity index (χ2v) is 8.82. The Balaban J connectivity index is 1.77. The van der Waals surface area contributed by atoms with Crippen molar-refractivity contribution >= 4 is 21.9 Å². The molecule has 0 unspecified atom stereocenters. The van der Waals surface area contributed by atoms with E-state index >= 15 is 0 Å². The smallest absolute Gasteiger partial charge is 0.216 e. The molecular weight excluding hydrogens is 368 g/mol. The van der Waals surface area contributed by atoms with Gasteiger partial charge in [0, 0.05) is 45.6 Å². The van der Waals surface area contributed by atoms with Gasteiger partial charge in [0.25, 0.3) is 0 Å². The van der Waals surface area contributed by atoms with Crippen LogP contribution in [0.2, 0.25) is 0 Å². The van der Waals surface area contributed by atoms with Gasteiger partial charge in [0.1, 0.15) is 18.2 Å². The molecule has 30 heavy (non-hydrogen) atoms. The fourth-order valence-electron chi connectivity index (χ4n) is 5.12. The van der Waals surface area contributed by atoms with E-state index in [1.165, 1.54) is 22.3 Å². The third kappa shape index (κ3) is 2.10. The highest BCUT2D eigenvalue weighted by Crippen LogP contribution is 2.52. The summed E-state index contributed by atoms with van der Waals surface area (Å²) in [6.07, 6.45) is 3.97. The first-order chi connectivity index (χ1) is 14.5. The first kappa shape index (κ1) is 17.4. The van der Waals surface area contributed by atoms with Crippen molar-refractivity contribution in [2.75, 3.05) is 0 Å². The molecule has 0 N–H and O–H groups in total. The van der Waals surface area contributed by atoms with E-state index in [1.807, 2.05) is 12.3 Å². The Morgan fingerprint density at radius 1 is 0.867 bits per heavy atom. The Hall–Kier alpha value is -3.46. The van der Waals surface area contributed by atoms with Crippen LogP contribution < -0.4 is 4.57 Å². The molecule has 0 fully saturated rings. The molecule has 0 amide bonds. The lowest BCUT2D eigenvalue weighted by atomic mass is 9.85. The van der Waals surface area contributed by atoms with E-state index in [4.69, 9.17) is 9.40 Å². The Labute approximate surface area is 175 Å². The number of aryl methyl sites for hydroxylation is 2. The summed E-state index contributed by atoms with van der Waals surface area (Å²) in [5.41, 5.74) is 10.1. The zero-order valence-electron chi connectivity index (χ0n) is 17.7. The van der Waals surface area contributed by atoms with Gasteiger partial charge in [-0.1, -0.05) is 44.2 Å². The molecule has 0 radical (unpaired) electrons. The van der Waals surface area contributed by atoms with Crippen LogP contribution in [0.1, 0.15) is 30.7 Å². The van der Waals surface area contributed by atoms with Crippen LogP contribution in [-0.4, -0.2) is 4.98 Å². The van der Waals surface area contributed by atoms with Crippen molar-refractivity contribution in [1.29, 1.82) is 0 Å². The Bertz CT molecular complexity index is 1490. The first-order valence-electron chi connectivity index (χ1n) is 10.4. The minimum absolute atomic E-state index is 0.135. The summed E-state index contributed by atoms with van der Waals surface area (Å²) in [5, 5.41) is 2.32. The van der Waals surface area contributed by atoms with Crippen molar-refractivity contribution in [3.05, 3.63) is 83.8 Å². The summed E-state index contributed by atoms with van der Waals surface area (Å²) in [7, 11) is 2.08. The van der Waals surface area contributed by atoms with Crippen LogP contribution in [-0.2, 0) is 12.5 Å². The number of hydrogen-bond donors (Lipinski definition) is 0. The maximum absolute atomic E-state index is 6.73. The van der Waals surface area contributed by atoms with Crippen molar-refractivity contribution in [2.45, 2.75) is 26.2 Å². The van der Waals surface area contributed by atoms with Crippen LogP contribution in [0.4, 0.5) is 0 Å². The van der Waals surface area contributed by atoms with E-state index in [1.54, 1.807) is 0 Å². The molecule has 6 rings (SSSR count). The Kier molecular flexibility index (Phi) is 3.36. The zero-order chi connectivity index (χ0) is 20.6. The Morgan fingerprint density at radius 3 is 2.43 bits per heavy atom. The molecule has 3 heterocycles. The van der Waals surface area contributed by atoms with Crippen molar-refractivity contribution in [3.8, 4) is 22.4 Å². The predicted octanol–water partition coefficient (Wildman–Crippen LogP) is 6.09. The third-order valence-corrected chi connectivity index (χ3v) is 6.67. The lowest BCUT2D eigenvalue weighted by Crippen LogP contribution is -2.30. The van der Waals surface area contributed by atoms with Crippen LogP contribution in [0.5, 0.6) is 0 Å². The molecule has 1 aliphatic rings. The standard InChI is InChI=1S/C27H23N2O/c1-16-10-11-17-18-12-13-20-23(19-8-7-14-28-26(19)27(20,2)3)25(18)30-24(17)22(16)21-9-5-6-15-29(21)4/h5-15H,1-4H3/q+1. The summed E-state index contributed by atoms with van der Waals surface area (Å²) in [5.74, 6) is 0. The highest BCUT2D eigenvalue weighted by Gasteiger charge is 2.39. The second kappa shape index (κ2) is 5.79. The lowest BCUT2D eigenvalue weighted by Gasteiger charge is -2.19. The number of fused-ring (bicyclic) bond motifs is 7. The van der Waals surface area contributed by atoms with Crippen molar-refractivity contribution in [1.82, 2.24) is 4.98 Å². The quantitative estimate of drug-likeness (QED) is 0.324. The first-order valence-corrected chi connectivity index (χ1v) is 10.4. The number of benzene rings is 2. The average Bonchev–Trinajstić information content (AvgIpc) is 3.22. The SMILES string of the molecule is Cc1ccc2c(oc3c4c(ccc32)C(C)(C)c2ncccc2-4)c1-c1cccc[n+]1C. The van der Waals surface area contributed by atoms with Gasteiger partial charge in [-0.05, 0) is 30.2 Å². The minimum atomic E-state index is -0.135. The van der Waals surface area contributed by atoms with Gasteiger partial charge in [-0.15, -0.1) is 0 Å². The minimum Gasteiger partial charge on any atom is -0.454 e. The van der Waals surface area contributed by atoms with Gasteiger partial charge in [-0.2, -0.15) is 0 Å². The van der Waals surface area contributed by atoms with Crippen LogP contribution in [0.3, 0.4) is 0 Å². The molecule has 3 aromatic heterocycles. The topological polar surface area (TPSA) is 29.9 Å². The van der Waals surface area contributed by atoms with Crippen molar-refractivity contribution < 1.29 is 8.98 Å². The van der Waals surface area contributed by atoms with Gasteiger partial charge in [0.15, 0.2) is 6.20 Å². The predicted molar refractivity (Wildman–Crippen MR) is 120 cm³/mol. The molecular formula is C27H23N2O+. The van der Waals surface area contributed by atoms with E-state index in [0.29, 0.717) is 0 Å². The van der Waals surface area contributed by atoms with Gasteiger partial charge in [-0.3, -0.25) is 4.98 Å². The highest BCUT2D eigenvalue weighted by molar-refractivity contribution is 6.14. The molecule has 1 aliphatic carbocycles. The zero-order valence-corrected chi connectivity index (χ0v) is 17.7. The maximum atomic E-state index is 6.73. The third-order valence-electron chi connectivity index (χ3n) is 6.67. The number of furan rings is 1. The molecule has 3 heteroatoms.